The molecule has 2 aromatic rings. The lowest BCUT2D eigenvalue weighted by Gasteiger charge is -2.23. The van der Waals surface area contributed by atoms with Crippen LogP contribution in [0.4, 0.5) is 5.95 Å². The summed E-state index contributed by atoms with van der Waals surface area (Å²) < 4.78 is 11.5. The van der Waals surface area contributed by atoms with E-state index in [0.717, 1.165) is 18.5 Å². The molecule has 6 nitrogen and oxygen atoms in total. The van der Waals surface area contributed by atoms with Crippen LogP contribution in [0.25, 0.3) is 11.3 Å². The highest BCUT2D eigenvalue weighted by Crippen LogP contribution is 2.38. The minimum atomic E-state index is 0.116. The lowest BCUT2D eigenvalue weighted by molar-refractivity contribution is 0.268. The molecule has 0 saturated carbocycles. The van der Waals surface area contributed by atoms with Gasteiger partial charge >= 0.3 is 0 Å². The van der Waals surface area contributed by atoms with Crippen molar-refractivity contribution in [3.05, 3.63) is 29.4 Å². The summed E-state index contributed by atoms with van der Waals surface area (Å²) >= 11 is 6.03. The molecule has 0 radical (unpaired) electrons. The zero-order valence-electron chi connectivity index (χ0n) is 14.3. The van der Waals surface area contributed by atoms with E-state index in [-0.39, 0.29) is 11.1 Å². The van der Waals surface area contributed by atoms with E-state index in [4.69, 9.17) is 26.8 Å². The van der Waals surface area contributed by atoms with Gasteiger partial charge in [-0.3, -0.25) is 0 Å². The van der Waals surface area contributed by atoms with E-state index in [1.54, 1.807) is 13.2 Å². The van der Waals surface area contributed by atoms with Crippen molar-refractivity contribution in [2.24, 2.45) is 0 Å². The van der Waals surface area contributed by atoms with Crippen LogP contribution in [0.2, 0.25) is 5.15 Å². The number of ether oxygens (including phenoxy) is 2. The maximum absolute atomic E-state index is 6.05. The molecule has 1 unspecified atom stereocenters. The van der Waals surface area contributed by atoms with Gasteiger partial charge in [-0.1, -0.05) is 24.1 Å². The summed E-state index contributed by atoms with van der Waals surface area (Å²) in [5.41, 5.74) is 7.06. The Morgan fingerprint density at radius 1 is 1.28 bits per heavy atom. The quantitative estimate of drug-likeness (QED) is 0.767. The molecule has 0 amide bonds. The van der Waals surface area contributed by atoms with Crippen molar-refractivity contribution in [2.75, 3.05) is 26.0 Å². The number of hydrogen-bond acceptors (Lipinski definition) is 6. The molecular formula is C18H23ClN4O2. The predicted molar refractivity (Wildman–Crippen MR) is 99.2 cm³/mol. The fourth-order valence-corrected chi connectivity index (χ4v) is 3.29. The monoisotopic (exact) mass is 362 g/mol. The van der Waals surface area contributed by atoms with Gasteiger partial charge in [0.25, 0.3) is 0 Å². The molecule has 1 aliphatic heterocycles. The Kier molecular flexibility index (Phi) is 5.94. The van der Waals surface area contributed by atoms with Gasteiger partial charge in [-0.15, -0.1) is 0 Å². The molecular weight excluding hydrogens is 340 g/mol. The smallest absolute Gasteiger partial charge is 0.221 e. The molecule has 3 N–H and O–H groups in total. The first kappa shape index (κ1) is 17.8. The van der Waals surface area contributed by atoms with E-state index in [1.807, 2.05) is 18.2 Å². The number of methoxy groups -OCH3 is 1. The fraction of sp³-hybridized carbons (Fsp3) is 0.444. The van der Waals surface area contributed by atoms with E-state index in [9.17, 15) is 0 Å². The molecule has 1 saturated heterocycles. The van der Waals surface area contributed by atoms with E-state index in [2.05, 4.69) is 15.3 Å². The fourth-order valence-electron chi connectivity index (χ4n) is 3.10. The average molecular weight is 363 g/mol. The van der Waals surface area contributed by atoms with Gasteiger partial charge in [0, 0.05) is 12.1 Å². The number of nitrogens with zero attached hydrogens (tertiary/aromatic N) is 2. The number of nitrogen functional groups attached to an aromatic ring is 1. The van der Waals surface area contributed by atoms with Crippen LogP contribution in [0.15, 0.2) is 24.3 Å². The minimum absolute atomic E-state index is 0.116. The number of benzene rings is 1. The van der Waals surface area contributed by atoms with Crippen LogP contribution in [-0.2, 0) is 0 Å². The second-order valence-corrected chi connectivity index (χ2v) is 6.44. The molecule has 25 heavy (non-hydrogen) atoms. The van der Waals surface area contributed by atoms with Crippen LogP contribution in [0.3, 0.4) is 0 Å². The second-order valence-electron chi connectivity index (χ2n) is 6.05. The molecule has 7 heteroatoms. The number of piperidine rings is 1. The lowest BCUT2D eigenvalue weighted by atomic mass is 10.0. The highest BCUT2D eigenvalue weighted by atomic mass is 35.5. The third-order valence-electron chi connectivity index (χ3n) is 4.31. The van der Waals surface area contributed by atoms with Gasteiger partial charge in [-0.25, -0.2) is 9.97 Å². The molecule has 3 rings (SSSR count). The third kappa shape index (κ3) is 4.52. The normalized spacial score (nSPS) is 17.3. The predicted octanol–water partition coefficient (Wildman–Crippen LogP) is 3.30. The summed E-state index contributed by atoms with van der Waals surface area (Å²) in [6.45, 7) is 1.71. The van der Waals surface area contributed by atoms with Crippen molar-refractivity contribution in [3.8, 4) is 22.8 Å². The van der Waals surface area contributed by atoms with Crippen LogP contribution in [0, 0.1) is 0 Å². The SMILES string of the molecule is COc1cccc(OCCC2CCCCN2)c1-c1cc(Cl)nc(N)n1. The Labute approximate surface area is 152 Å². The number of aromatic nitrogens is 2. The summed E-state index contributed by atoms with van der Waals surface area (Å²) in [6.07, 6.45) is 4.70. The van der Waals surface area contributed by atoms with Crippen molar-refractivity contribution in [1.82, 2.24) is 15.3 Å². The Morgan fingerprint density at radius 3 is 2.84 bits per heavy atom. The number of nitrogens with one attached hydrogen (secondary N) is 1. The molecule has 0 spiro atoms. The topological polar surface area (TPSA) is 82.3 Å². The molecule has 2 heterocycles. The van der Waals surface area contributed by atoms with Crippen LogP contribution in [0.1, 0.15) is 25.7 Å². The number of nitrogens with two attached hydrogens (primary N) is 1. The zero-order valence-corrected chi connectivity index (χ0v) is 15.1. The van der Waals surface area contributed by atoms with Crippen molar-refractivity contribution in [3.63, 3.8) is 0 Å². The van der Waals surface area contributed by atoms with Gasteiger partial charge in [0.05, 0.1) is 25.0 Å². The van der Waals surface area contributed by atoms with Gasteiger partial charge in [0.15, 0.2) is 0 Å². The molecule has 0 aliphatic carbocycles. The molecule has 0 bridgehead atoms. The highest BCUT2D eigenvalue weighted by molar-refractivity contribution is 6.29. The molecule has 134 valence electrons. The second kappa shape index (κ2) is 8.36. The minimum Gasteiger partial charge on any atom is -0.496 e. The Hall–Kier alpha value is -2.05. The largest absolute Gasteiger partial charge is 0.496 e. The molecule has 1 aromatic carbocycles. The van der Waals surface area contributed by atoms with Gasteiger partial charge in [0.2, 0.25) is 5.95 Å². The zero-order chi connectivity index (χ0) is 17.6. The summed E-state index contributed by atoms with van der Waals surface area (Å²) in [6, 6.07) is 7.83. The van der Waals surface area contributed by atoms with Crippen LogP contribution in [-0.4, -0.2) is 36.3 Å². The average Bonchev–Trinajstić information content (AvgIpc) is 2.61. The maximum atomic E-state index is 6.05. The molecule has 1 atom stereocenters. The molecule has 1 fully saturated rings. The van der Waals surface area contributed by atoms with Gasteiger partial charge in [-0.2, -0.15) is 0 Å². The standard InChI is InChI=1S/C18H23ClN4O2/c1-24-14-6-4-7-15(25-10-8-12-5-2-3-9-21-12)17(14)13-11-16(19)23-18(20)22-13/h4,6-7,11-12,21H,2-3,5,8-10H2,1H3,(H2,20,22,23). The van der Waals surface area contributed by atoms with Gasteiger partial charge in [0.1, 0.15) is 16.7 Å². The number of rotatable bonds is 6. The van der Waals surface area contributed by atoms with E-state index in [0.29, 0.717) is 29.8 Å². The summed E-state index contributed by atoms with van der Waals surface area (Å²) in [7, 11) is 1.61. The van der Waals surface area contributed by atoms with Crippen molar-refractivity contribution >= 4 is 17.5 Å². The Bertz CT molecular complexity index is 700. The van der Waals surface area contributed by atoms with Gasteiger partial charge < -0.3 is 20.5 Å². The first-order valence-corrected chi connectivity index (χ1v) is 8.89. The van der Waals surface area contributed by atoms with Crippen LogP contribution in [0.5, 0.6) is 11.5 Å². The molecule has 1 aromatic heterocycles. The van der Waals surface area contributed by atoms with Crippen LogP contribution >= 0.6 is 11.6 Å². The number of halogens is 1. The first-order valence-electron chi connectivity index (χ1n) is 8.51. The van der Waals surface area contributed by atoms with Crippen LogP contribution < -0.4 is 20.5 Å². The van der Waals surface area contributed by atoms with E-state index < -0.39 is 0 Å². The maximum Gasteiger partial charge on any atom is 0.221 e. The van der Waals surface area contributed by atoms with Crippen molar-refractivity contribution < 1.29 is 9.47 Å². The summed E-state index contributed by atoms with van der Waals surface area (Å²) in [4.78, 5) is 8.19. The van der Waals surface area contributed by atoms with Gasteiger partial charge in [-0.05, 0) is 37.9 Å². The van der Waals surface area contributed by atoms with Crippen molar-refractivity contribution in [1.29, 1.82) is 0 Å². The van der Waals surface area contributed by atoms with E-state index >= 15 is 0 Å². The Balaban J connectivity index is 1.81. The number of anilines is 1. The third-order valence-corrected chi connectivity index (χ3v) is 4.51. The number of hydrogen-bond donors (Lipinski definition) is 2. The highest BCUT2D eigenvalue weighted by Gasteiger charge is 2.17. The first-order chi connectivity index (χ1) is 12.2. The molecule has 1 aliphatic rings. The van der Waals surface area contributed by atoms with E-state index in [1.165, 1.54) is 19.3 Å². The lowest BCUT2D eigenvalue weighted by Crippen LogP contribution is -2.35. The van der Waals surface area contributed by atoms with Crippen molar-refractivity contribution in [2.45, 2.75) is 31.7 Å². The summed E-state index contributed by atoms with van der Waals surface area (Å²) in [5, 5.41) is 3.81. The summed E-state index contributed by atoms with van der Waals surface area (Å²) in [5.74, 6) is 1.47. The Morgan fingerprint density at radius 2 is 2.12 bits per heavy atom.